The normalized spacial score (nSPS) is 19.1. The SMILES string of the molecule is COC(=O)C1CCCN(C(=O)c2ccnc(F)c2)C1. The lowest BCUT2D eigenvalue weighted by atomic mass is 9.97. The number of nitrogens with zero attached hydrogens (tertiary/aromatic N) is 2. The molecule has 1 saturated heterocycles. The minimum Gasteiger partial charge on any atom is -0.469 e. The van der Waals surface area contributed by atoms with E-state index in [-0.39, 0.29) is 23.4 Å². The van der Waals surface area contributed by atoms with Crippen LogP contribution >= 0.6 is 0 Å². The van der Waals surface area contributed by atoms with Crippen LogP contribution in [-0.2, 0) is 9.53 Å². The zero-order valence-corrected chi connectivity index (χ0v) is 10.6. The van der Waals surface area contributed by atoms with Gasteiger partial charge in [-0.2, -0.15) is 4.39 Å². The molecular weight excluding hydrogens is 251 g/mol. The smallest absolute Gasteiger partial charge is 0.310 e. The van der Waals surface area contributed by atoms with Gasteiger partial charge in [0, 0.05) is 30.9 Å². The summed E-state index contributed by atoms with van der Waals surface area (Å²) in [5.74, 6) is -1.57. The summed E-state index contributed by atoms with van der Waals surface area (Å²) in [5.41, 5.74) is 0.248. The largest absolute Gasteiger partial charge is 0.469 e. The first-order valence-electron chi connectivity index (χ1n) is 6.10. The van der Waals surface area contributed by atoms with Gasteiger partial charge in [-0.25, -0.2) is 4.98 Å². The van der Waals surface area contributed by atoms with Crippen molar-refractivity contribution in [2.45, 2.75) is 12.8 Å². The van der Waals surface area contributed by atoms with Crippen molar-refractivity contribution >= 4 is 11.9 Å². The number of likely N-dealkylation sites (tertiary alicyclic amines) is 1. The Balaban J connectivity index is 2.09. The van der Waals surface area contributed by atoms with E-state index in [4.69, 9.17) is 4.74 Å². The van der Waals surface area contributed by atoms with E-state index in [9.17, 15) is 14.0 Å². The zero-order chi connectivity index (χ0) is 13.8. The number of rotatable bonds is 2. The Bertz CT molecular complexity index is 493. The van der Waals surface area contributed by atoms with E-state index in [1.165, 1.54) is 19.4 Å². The molecule has 0 radical (unpaired) electrons. The summed E-state index contributed by atoms with van der Waals surface area (Å²) in [5, 5.41) is 0. The molecular formula is C13H15FN2O3. The van der Waals surface area contributed by atoms with Crippen LogP contribution in [0, 0.1) is 11.9 Å². The lowest BCUT2D eigenvalue weighted by molar-refractivity contribution is -0.146. The summed E-state index contributed by atoms with van der Waals surface area (Å²) in [6.07, 6.45) is 2.70. The molecule has 6 heteroatoms. The minimum absolute atomic E-state index is 0.248. The van der Waals surface area contributed by atoms with Crippen LogP contribution in [-0.4, -0.2) is 42.0 Å². The highest BCUT2D eigenvalue weighted by Gasteiger charge is 2.29. The van der Waals surface area contributed by atoms with Crippen LogP contribution in [0.1, 0.15) is 23.2 Å². The number of pyridine rings is 1. The first-order chi connectivity index (χ1) is 9.11. The van der Waals surface area contributed by atoms with Gasteiger partial charge in [0.2, 0.25) is 5.95 Å². The fraction of sp³-hybridized carbons (Fsp3) is 0.462. The minimum atomic E-state index is -0.688. The van der Waals surface area contributed by atoms with Crippen LogP contribution in [0.2, 0.25) is 0 Å². The van der Waals surface area contributed by atoms with Crippen LogP contribution < -0.4 is 0 Å². The van der Waals surface area contributed by atoms with Crippen LogP contribution in [0.25, 0.3) is 0 Å². The van der Waals surface area contributed by atoms with Gasteiger partial charge in [-0.05, 0) is 18.9 Å². The zero-order valence-electron chi connectivity index (χ0n) is 10.6. The molecule has 0 bridgehead atoms. The van der Waals surface area contributed by atoms with E-state index in [2.05, 4.69) is 4.98 Å². The molecule has 0 aromatic carbocycles. The second-order valence-electron chi connectivity index (χ2n) is 4.48. The van der Waals surface area contributed by atoms with E-state index >= 15 is 0 Å². The lowest BCUT2D eigenvalue weighted by Gasteiger charge is -2.31. The molecule has 1 aliphatic rings. The third-order valence-electron chi connectivity index (χ3n) is 3.22. The first-order valence-corrected chi connectivity index (χ1v) is 6.10. The van der Waals surface area contributed by atoms with Crippen molar-refractivity contribution in [2.24, 2.45) is 5.92 Å². The molecule has 1 aromatic heterocycles. The molecule has 2 heterocycles. The number of amides is 1. The Kier molecular flexibility index (Phi) is 4.09. The van der Waals surface area contributed by atoms with Gasteiger partial charge >= 0.3 is 5.97 Å². The number of carbonyl (C=O) groups is 2. The second-order valence-corrected chi connectivity index (χ2v) is 4.48. The van der Waals surface area contributed by atoms with Crippen molar-refractivity contribution in [1.29, 1.82) is 0 Å². The highest BCUT2D eigenvalue weighted by atomic mass is 19.1. The number of methoxy groups -OCH3 is 1. The fourth-order valence-corrected chi connectivity index (χ4v) is 2.24. The second kappa shape index (κ2) is 5.77. The van der Waals surface area contributed by atoms with Gasteiger partial charge in [0.1, 0.15) is 0 Å². The van der Waals surface area contributed by atoms with Crippen molar-refractivity contribution < 1.29 is 18.7 Å². The van der Waals surface area contributed by atoms with E-state index in [0.717, 1.165) is 12.5 Å². The third-order valence-corrected chi connectivity index (χ3v) is 3.22. The Morgan fingerprint density at radius 2 is 2.32 bits per heavy atom. The van der Waals surface area contributed by atoms with E-state index in [0.29, 0.717) is 19.5 Å². The lowest BCUT2D eigenvalue weighted by Crippen LogP contribution is -2.42. The fourth-order valence-electron chi connectivity index (χ4n) is 2.24. The van der Waals surface area contributed by atoms with Gasteiger partial charge < -0.3 is 9.64 Å². The number of esters is 1. The first kappa shape index (κ1) is 13.5. The van der Waals surface area contributed by atoms with E-state index < -0.39 is 5.95 Å². The van der Waals surface area contributed by atoms with Gasteiger partial charge in [0.15, 0.2) is 0 Å². The number of carbonyl (C=O) groups excluding carboxylic acids is 2. The number of hydrogen-bond donors (Lipinski definition) is 0. The van der Waals surface area contributed by atoms with Crippen molar-refractivity contribution in [3.05, 3.63) is 29.8 Å². The molecule has 102 valence electrons. The molecule has 0 saturated carbocycles. The number of ether oxygens (including phenoxy) is 1. The molecule has 1 aliphatic heterocycles. The molecule has 1 unspecified atom stereocenters. The van der Waals surface area contributed by atoms with Crippen LogP contribution in [0.3, 0.4) is 0 Å². The Morgan fingerprint density at radius 3 is 3.00 bits per heavy atom. The number of hydrogen-bond acceptors (Lipinski definition) is 4. The van der Waals surface area contributed by atoms with Gasteiger partial charge in [0.25, 0.3) is 5.91 Å². The quantitative estimate of drug-likeness (QED) is 0.597. The van der Waals surface area contributed by atoms with E-state index in [1.807, 2.05) is 0 Å². The summed E-state index contributed by atoms with van der Waals surface area (Å²) >= 11 is 0. The van der Waals surface area contributed by atoms with Crippen LogP contribution in [0.5, 0.6) is 0 Å². The summed E-state index contributed by atoms with van der Waals surface area (Å²) in [6.45, 7) is 0.881. The van der Waals surface area contributed by atoms with Gasteiger partial charge in [-0.1, -0.05) is 0 Å². The summed E-state index contributed by atoms with van der Waals surface area (Å²) in [4.78, 5) is 28.7. The van der Waals surface area contributed by atoms with Crippen LogP contribution in [0.4, 0.5) is 4.39 Å². The number of piperidine rings is 1. The standard InChI is InChI=1S/C13H15FN2O3/c1-19-13(18)10-3-2-6-16(8-10)12(17)9-4-5-15-11(14)7-9/h4-5,7,10H,2-3,6,8H2,1H3. The number of aromatic nitrogens is 1. The Labute approximate surface area is 110 Å². The summed E-state index contributed by atoms with van der Waals surface area (Å²) in [6, 6.07) is 2.57. The maximum absolute atomic E-state index is 13.0. The summed E-state index contributed by atoms with van der Waals surface area (Å²) in [7, 11) is 1.33. The molecule has 1 amide bonds. The molecule has 1 aromatic rings. The van der Waals surface area contributed by atoms with Crippen molar-refractivity contribution in [1.82, 2.24) is 9.88 Å². The predicted octanol–water partition coefficient (Wildman–Crippen LogP) is 1.25. The molecule has 0 aliphatic carbocycles. The average Bonchev–Trinajstić information content (AvgIpc) is 2.45. The molecule has 0 spiro atoms. The van der Waals surface area contributed by atoms with Gasteiger partial charge in [-0.3, -0.25) is 9.59 Å². The summed E-state index contributed by atoms with van der Waals surface area (Å²) < 4.78 is 17.7. The monoisotopic (exact) mass is 266 g/mol. The molecule has 19 heavy (non-hydrogen) atoms. The Hall–Kier alpha value is -1.98. The molecule has 1 fully saturated rings. The van der Waals surface area contributed by atoms with Gasteiger partial charge in [-0.15, -0.1) is 0 Å². The van der Waals surface area contributed by atoms with Crippen molar-refractivity contribution in [3.8, 4) is 0 Å². The Morgan fingerprint density at radius 1 is 1.53 bits per heavy atom. The van der Waals surface area contributed by atoms with Crippen molar-refractivity contribution in [3.63, 3.8) is 0 Å². The average molecular weight is 266 g/mol. The molecule has 2 rings (SSSR count). The maximum atomic E-state index is 13.0. The topological polar surface area (TPSA) is 59.5 Å². The molecule has 0 N–H and O–H groups in total. The van der Waals surface area contributed by atoms with Crippen molar-refractivity contribution in [2.75, 3.05) is 20.2 Å². The highest BCUT2D eigenvalue weighted by Crippen LogP contribution is 2.19. The maximum Gasteiger partial charge on any atom is 0.310 e. The van der Waals surface area contributed by atoms with E-state index in [1.54, 1.807) is 4.90 Å². The van der Waals surface area contributed by atoms with Gasteiger partial charge in [0.05, 0.1) is 13.0 Å². The molecule has 5 nitrogen and oxygen atoms in total. The molecule has 1 atom stereocenters. The number of halogens is 1. The predicted molar refractivity (Wildman–Crippen MR) is 64.8 cm³/mol. The third kappa shape index (κ3) is 3.07. The highest BCUT2D eigenvalue weighted by molar-refractivity contribution is 5.94. The van der Waals surface area contributed by atoms with Crippen LogP contribution in [0.15, 0.2) is 18.3 Å².